The Labute approximate surface area is 146 Å². The second-order valence-electron chi connectivity index (χ2n) is 6.56. The second kappa shape index (κ2) is 11.6. The van der Waals surface area contributed by atoms with Gasteiger partial charge in [-0.1, -0.05) is 39.7 Å². The molecule has 0 aromatic carbocycles. The van der Waals surface area contributed by atoms with Gasteiger partial charge in [-0.05, 0) is 19.3 Å². The minimum absolute atomic E-state index is 0.404. The smallest absolute Gasteiger partial charge is 0.191 e. The highest BCUT2D eigenvalue weighted by Crippen LogP contribution is 2.08. The normalized spacial score (nSPS) is 13.1. The molecule has 6 nitrogen and oxygen atoms in total. The van der Waals surface area contributed by atoms with Gasteiger partial charge >= 0.3 is 0 Å². The third-order valence-corrected chi connectivity index (χ3v) is 3.84. The lowest BCUT2D eigenvalue weighted by atomic mass is 10.0. The van der Waals surface area contributed by atoms with Crippen molar-refractivity contribution in [3.8, 4) is 0 Å². The molecule has 0 saturated carbocycles. The first kappa shape index (κ1) is 20.2. The molecule has 0 amide bonds. The first-order chi connectivity index (χ1) is 11.6. The van der Waals surface area contributed by atoms with E-state index in [0.29, 0.717) is 19.1 Å². The monoisotopic (exact) mass is 334 g/mol. The summed E-state index contributed by atoms with van der Waals surface area (Å²) in [5, 5.41) is 14.8. The highest BCUT2D eigenvalue weighted by molar-refractivity contribution is 5.80. The van der Waals surface area contributed by atoms with Crippen molar-refractivity contribution in [2.24, 2.45) is 10.9 Å². The SMILES string of the molecule is C=CCNC(=NCCn1cnnc1CC)NC(C)CCCC(C)C. The molecular formula is C18H34N6. The molecule has 6 heteroatoms. The standard InChI is InChI=1S/C18H34N6/c1-6-11-19-18(22-16(5)10-8-9-15(3)4)20-12-13-24-14-21-23-17(24)7-2/h6,14-16H,1,7-13H2,2-5H3,(H2,19,20,22). The summed E-state index contributed by atoms with van der Waals surface area (Å²) in [6, 6.07) is 0.404. The summed E-state index contributed by atoms with van der Waals surface area (Å²) in [6.07, 6.45) is 8.16. The number of aliphatic imine (C=N–C) groups is 1. The Morgan fingerprint density at radius 3 is 2.83 bits per heavy atom. The van der Waals surface area contributed by atoms with Crippen molar-refractivity contribution in [1.29, 1.82) is 0 Å². The molecule has 24 heavy (non-hydrogen) atoms. The van der Waals surface area contributed by atoms with E-state index < -0.39 is 0 Å². The average molecular weight is 335 g/mol. The maximum absolute atomic E-state index is 4.66. The Morgan fingerprint density at radius 2 is 2.17 bits per heavy atom. The third-order valence-electron chi connectivity index (χ3n) is 3.84. The Balaban J connectivity index is 2.48. The Bertz CT molecular complexity index is 491. The number of hydrogen-bond acceptors (Lipinski definition) is 3. The van der Waals surface area contributed by atoms with E-state index in [1.165, 1.54) is 12.8 Å². The van der Waals surface area contributed by atoms with Crippen LogP contribution in [0, 0.1) is 5.92 Å². The topological polar surface area (TPSA) is 67.1 Å². The van der Waals surface area contributed by atoms with Crippen molar-refractivity contribution >= 4 is 5.96 Å². The molecule has 0 aliphatic heterocycles. The van der Waals surface area contributed by atoms with Crippen molar-refractivity contribution < 1.29 is 0 Å². The lowest BCUT2D eigenvalue weighted by molar-refractivity contribution is 0.491. The fourth-order valence-corrected chi connectivity index (χ4v) is 2.47. The summed E-state index contributed by atoms with van der Waals surface area (Å²) in [5.74, 6) is 2.61. The molecular weight excluding hydrogens is 300 g/mol. The number of guanidine groups is 1. The van der Waals surface area contributed by atoms with Gasteiger partial charge in [-0.15, -0.1) is 16.8 Å². The zero-order chi connectivity index (χ0) is 17.8. The van der Waals surface area contributed by atoms with E-state index in [0.717, 1.165) is 37.1 Å². The van der Waals surface area contributed by atoms with Crippen LogP contribution in [0.5, 0.6) is 0 Å². The molecule has 1 heterocycles. The Morgan fingerprint density at radius 1 is 1.38 bits per heavy atom. The molecule has 0 aliphatic rings. The molecule has 1 rings (SSSR count). The fraction of sp³-hybridized carbons (Fsp3) is 0.722. The van der Waals surface area contributed by atoms with Crippen molar-refractivity contribution in [2.75, 3.05) is 13.1 Å². The maximum atomic E-state index is 4.66. The van der Waals surface area contributed by atoms with Crippen molar-refractivity contribution in [3.63, 3.8) is 0 Å². The first-order valence-corrected chi connectivity index (χ1v) is 9.09. The minimum Gasteiger partial charge on any atom is -0.354 e. The molecule has 0 aliphatic carbocycles. The van der Waals surface area contributed by atoms with Crippen LogP contribution in [0.15, 0.2) is 24.0 Å². The Kier molecular flexibility index (Phi) is 9.80. The molecule has 2 N–H and O–H groups in total. The van der Waals surface area contributed by atoms with Crippen LogP contribution < -0.4 is 10.6 Å². The van der Waals surface area contributed by atoms with Crippen LogP contribution in [-0.2, 0) is 13.0 Å². The van der Waals surface area contributed by atoms with E-state index in [4.69, 9.17) is 0 Å². The number of rotatable bonds is 11. The number of hydrogen-bond donors (Lipinski definition) is 2. The predicted molar refractivity (Wildman–Crippen MR) is 101 cm³/mol. The number of aromatic nitrogens is 3. The summed E-state index contributed by atoms with van der Waals surface area (Å²) >= 11 is 0. The van der Waals surface area contributed by atoms with Gasteiger partial charge in [-0.3, -0.25) is 4.99 Å². The van der Waals surface area contributed by atoms with Gasteiger partial charge in [0.15, 0.2) is 5.96 Å². The quantitative estimate of drug-likeness (QED) is 0.371. The van der Waals surface area contributed by atoms with Crippen molar-refractivity contribution in [3.05, 3.63) is 24.8 Å². The summed E-state index contributed by atoms with van der Waals surface area (Å²) in [4.78, 5) is 4.66. The lowest BCUT2D eigenvalue weighted by Gasteiger charge is -2.18. The van der Waals surface area contributed by atoms with Gasteiger partial charge in [0.1, 0.15) is 12.2 Å². The number of nitrogens with one attached hydrogen (secondary N) is 2. The lowest BCUT2D eigenvalue weighted by Crippen LogP contribution is -2.42. The van der Waals surface area contributed by atoms with Gasteiger partial charge in [0.25, 0.3) is 0 Å². The zero-order valence-electron chi connectivity index (χ0n) is 15.8. The number of aryl methyl sites for hydroxylation is 1. The first-order valence-electron chi connectivity index (χ1n) is 9.09. The third kappa shape index (κ3) is 8.13. The van der Waals surface area contributed by atoms with E-state index in [1.807, 2.05) is 6.08 Å². The zero-order valence-corrected chi connectivity index (χ0v) is 15.8. The van der Waals surface area contributed by atoms with Gasteiger partial charge in [0, 0.05) is 25.6 Å². The van der Waals surface area contributed by atoms with Gasteiger partial charge < -0.3 is 15.2 Å². The summed E-state index contributed by atoms with van der Waals surface area (Å²) in [7, 11) is 0. The van der Waals surface area contributed by atoms with Gasteiger partial charge in [0.2, 0.25) is 0 Å². The predicted octanol–water partition coefficient (Wildman–Crippen LogP) is 2.78. The molecule has 0 spiro atoms. The molecule has 0 radical (unpaired) electrons. The highest BCUT2D eigenvalue weighted by Gasteiger charge is 2.06. The summed E-state index contributed by atoms with van der Waals surface area (Å²) in [5.41, 5.74) is 0. The molecule has 1 atom stereocenters. The Hall–Kier alpha value is -1.85. The summed E-state index contributed by atoms with van der Waals surface area (Å²) in [6.45, 7) is 14.8. The van der Waals surface area contributed by atoms with E-state index in [1.54, 1.807) is 6.33 Å². The van der Waals surface area contributed by atoms with Crippen LogP contribution >= 0.6 is 0 Å². The summed E-state index contributed by atoms with van der Waals surface area (Å²) < 4.78 is 2.06. The van der Waals surface area contributed by atoms with Gasteiger partial charge in [-0.25, -0.2) is 0 Å². The molecule has 1 aromatic heterocycles. The van der Waals surface area contributed by atoms with E-state index >= 15 is 0 Å². The molecule has 0 bridgehead atoms. The second-order valence-corrected chi connectivity index (χ2v) is 6.56. The van der Waals surface area contributed by atoms with Crippen molar-refractivity contribution in [2.45, 2.75) is 66.0 Å². The van der Waals surface area contributed by atoms with Crippen LogP contribution in [0.1, 0.15) is 52.8 Å². The van der Waals surface area contributed by atoms with Crippen LogP contribution in [0.2, 0.25) is 0 Å². The molecule has 1 aromatic rings. The van der Waals surface area contributed by atoms with Crippen LogP contribution in [-0.4, -0.2) is 39.9 Å². The van der Waals surface area contributed by atoms with Crippen LogP contribution in [0.4, 0.5) is 0 Å². The van der Waals surface area contributed by atoms with Crippen molar-refractivity contribution in [1.82, 2.24) is 25.4 Å². The maximum Gasteiger partial charge on any atom is 0.191 e. The van der Waals surface area contributed by atoms with Crippen LogP contribution in [0.3, 0.4) is 0 Å². The minimum atomic E-state index is 0.404. The molecule has 136 valence electrons. The van der Waals surface area contributed by atoms with E-state index in [-0.39, 0.29) is 0 Å². The van der Waals surface area contributed by atoms with Crippen LogP contribution in [0.25, 0.3) is 0 Å². The average Bonchev–Trinajstić information content (AvgIpc) is 2.99. The van der Waals surface area contributed by atoms with Gasteiger partial charge in [0.05, 0.1) is 6.54 Å². The van der Waals surface area contributed by atoms with E-state index in [9.17, 15) is 0 Å². The fourth-order valence-electron chi connectivity index (χ4n) is 2.47. The molecule has 1 unspecified atom stereocenters. The molecule has 0 saturated heterocycles. The molecule has 0 fully saturated rings. The van der Waals surface area contributed by atoms with E-state index in [2.05, 4.69) is 64.7 Å². The highest BCUT2D eigenvalue weighted by atomic mass is 15.3. The van der Waals surface area contributed by atoms with Gasteiger partial charge in [-0.2, -0.15) is 0 Å². The number of nitrogens with zero attached hydrogens (tertiary/aromatic N) is 4. The largest absolute Gasteiger partial charge is 0.354 e.